The number of aliphatic hydroxyl groups is 17. The van der Waals surface area contributed by atoms with E-state index in [-0.39, 0.29) is 37.0 Å². The van der Waals surface area contributed by atoms with Crippen molar-refractivity contribution in [1.29, 1.82) is 0 Å². The van der Waals surface area contributed by atoms with Crippen LogP contribution in [-0.4, -0.2) is 285 Å². The number of carbonyl (C=O) groups is 1. The molecule has 0 bridgehead atoms. The molecule has 35 unspecified atom stereocenters. The molecule has 10 rings (SSSR count). The Kier molecular flexibility index (Phi) is 18.9. The van der Waals surface area contributed by atoms with Crippen molar-refractivity contribution >= 4 is 5.97 Å². The third-order valence-corrected chi connectivity index (χ3v) is 22.7. The van der Waals surface area contributed by atoms with Crippen LogP contribution < -0.4 is 0 Å². The smallest absolute Gasteiger partial charge is 0.317 e. The predicted molar refractivity (Wildman–Crippen MR) is 286 cm³/mol. The maximum absolute atomic E-state index is 15.5. The van der Waals surface area contributed by atoms with Gasteiger partial charge in [-0.15, -0.1) is 0 Å². The summed E-state index contributed by atoms with van der Waals surface area (Å²) in [6, 6.07) is 0. The topological polar surface area (TPSA) is 453 Å². The molecular weight excluding hydrogens is 1140 g/mol. The number of hydrogen-bond acceptors (Lipinski definition) is 28. The average Bonchev–Trinajstić information content (AvgIpc) is 0.673. The summed E-state index contributed by atoms with van der Waals surface area (Å²) < 4.78 is 58.8. The zero-order chi connectivity index (χ0) is 63.0. The Morgan fingerprint density at radius 3 is 1.78 bits per heavy atom. The summed E-state index contributed by atoms with van der Waals surface area (Å²) in [5, 5.41) is 190. The van der Waals surface area contributed by atoms with Gasteiger partial charge in [0.1, 0.15) is 97.0 Å². The van der Waals surface area contributed by atoms with E-state index < -0.39 is 237 Å². The maximum atomic E-state index is 15.5. The lowest BCUT2D eigenvalue weighted by Gasteiger charge is -2.73. The summed E-state index contributed by atoms with van der Waals surface area (Å²) in [4.78, 5) is 15.5. The molecule has 5 heterocycles. The van der Waals surface area contributed by atoms with Gasteiger partial charge in [0.25, 0.3) is 0 Å². The Balaban J connectivity index is 0.865. The highest BCUT2D eigenvalue weighted by Gasteiger charge is 2.75. The van der Waals surface area contributed by atoms with Crippen molar-refractivity contribution in [2.24, 2.45) is 50.2 Å². The van der Waals surface area contributed by atoms with Crippen LogP contribution in [0.15, 0.2) is 11.6 Å². The number of ether oxygens (including phenoxy) is 10. The molecule has 86 heavy (non-hydrogen) atoms. The van der Waals surface area contributed by atoms with E-state index in [9.17, 15) is 86.8 Å². The molecule has 17 N–H and O–H groups in total. The van der Waals surface area contributed by atoms with Crippen molar-refractivity contribution in [3.8, 4) is 0 Å². The molecular formula is C58H94O28. The van der Waals surface area contributed by atoms with Crippen LogP contribution in [0.2, 0.25) is 0 Å². The molecule has 494 valence electrons. The van der Waals surface area contributed by atoms with Gasteiger partial charge in [0.2, 0.25) is 6.29 Å². The van der Waals surface area contributed by atoms with Crippen molar-refractivity contribution in [3.05, 3.63) is 11.6 Å². The van der Waals surface area contributed by atoms with E-state index in [0.717, 1.165) is 5.57 Å². The first-order chi connectivity index (χ1) is 40.2. The van der Waals surface area contributed by atoms with E-state index in [1.54, 1.807) is 6.92 Å². The van der Waals surface area contributed by atoms with Gasteiger partial charge in [0.05, 0.1) is 63.1 Å². The van der Waals surface area contributed by atoms with Gasteiger partial charge in [0, 0.05) is 11.3 Å². The van der Waals surface area contributed by atoms with Crippen molar-refractivity contribution in [2.45, 2.75) is 266 Å². The first-order valence-electron chi connectivity index (χ1n) is 30.3. The molecule has 28 nitrogen and oxygen atoms in total. The lowest BCUT2D eigenvalue weighted by Crippen LogP contribution is -2.73. The van der Waals surface area contributed by atoms with Gasteiger partial charge in [-0.3, -0.25) is 4.79 Å². The van der Waals surface area contributed by atoms with Crippen molar-refractivity contribution in [3.63, 3.8) is 0 Å². The van der Waals surface area contributed by atoms with Crippen LogP contribution in [0, 0.1) is 50.2 Å². The number of fused-ring (bicyclic) bond motifs is 7. The number of carbonyl (C=O) groups excluding carboxylic acids is 1. The fourth-order valence-electron chi connectivity index (χ4n) is 17.8. The molecule has 0 amide bonds. The number of rotatable bonds is 12. The van der Waals surface area contributed by atoms with E-state index in [4.69, 9.17) is 47.4 Å². The zero-order valence-corrected chi connectivity index (χ0v) is 49.8. The molecule has 10 aliphatic rings. The molecule has 0 aromatic heterocycles. The molecule has 0 spiro atoms. The van der Waals surface area contributed by atoms with Gasteiger partial charge in [-0.25, -0.2) is 0 Å². The molecule has 28 heteroatoms. The average molecular weight is 1240 g/mol. The second kappa shape index (κ2) is 24.3. The largest absolute Gasteiger partial charge is 0.432 e. The van der Waals surface area contributed by atoms with Crippen LogP contribution in [0.5, 0.6) is 0 Å². The Morgan fingerprint density at radius 2 is 1.13 bits per heavy atom. The highest BCUT2D eigenvalue weighted by atomic mass is 16.8. The SMILES string of the molecule is CC1OC(OC2C(O)COC(OC3C(C)OC(OC4C(OC(=O)C56CCC(C)(C)CC5C5=CCC7C8(C)CC(O)C(OC9OC(CO)C(O)C(O)C9O)C(C)(CO)C8C(O)CC7(C)C5(C)CC6O)OCC(O)C4O)C(O)C3O)C2O)C(O)C(O)C1O. The second-order valence-corrected chi connectivity index (χ2v) is 28.4. The standard InChI is InChI=1S/C58H94O28/c1-21-32(66)35(69)38(72)48(79-21)83-43-28(64)19-77-47(41(43)75)82-42-22(2)80-49(40(74)37(42)71)84-44-33(67)27(63)18-78-51(44)86-52(76)58-12-11-53(3,4)13-24(58)23-9-10-30-54(5)14-26(62)46(85-50-39(73)36(70)34(68)29(17-59)81-50)55(6,20-60)45(54)25(61)15-57(30,8)56(23,7)16-31(58)65/h9,21-22,24-51,59-75H,10-20H2,1-8H3. The Bertz CT molecular complexity index is 2420. The van der Waals surface area contributed by atoms with Crippen molar-refractivity contribution in [1.82, 2.24) is 0 Å². The lowest BCUT2D eigenvalue weighted by molar-refractivity contribution is -0.377. The highest BCUT2D eigenvalue weighted by molar-refractivity contribution is 5.80. The van der Waals surface area contributed by atoms with Crippen LogP contribution in [0.3, 0.4) is 0 Å². The summed E-state index contributed by atoms with van der Waals surface area (Å²) in [7, 11) is 0. The van der Waals surface area contributed by atoms with E-state index in [1.165, 1.54) is 13.8 Å². The number of esters is 1. The fourth-order valence-corrected chi connectivity index (χ4v) is 17.8. The molecule has 5 saturated heterocycles. The first kappa shape index (κ1) is 67.1. The van der Waals surface area contributed by atoms with E-state index in [2.05, 4.69) is 26.8 Å². The minimum Gasteiger partial charge on any atom is -0.432 e. The number of hydrogen-bond donors (Lipinski definition) is 17. The molecule has 9 fully saturated rings. The summed E-state index contributed by atoms with van der Waals surface area (Å²) >= 11 is 0. The minimum absolute atomic E-state index is 0.00553. The maximum Gasteiger partial charge on any atom is 0.317 e. The molecule has 35 atom stereocenters. The van der Waals surface area contributed by atoms with Gasteiger partial charge in [0.15, 0.2) is 31.3 Å². The van der Waals surface area contributed by atoms with Gasteiger partial charge < -0.3 is 134 Å². The van der Waals surface area contributed by atoms with Crippen molar-refractivity contribution < 1.29 is 139 Å². The Hall–Kier alpha value is -1.83. The lowest BCUT2D eigenvalue weighted by atomic mass is 9.32. The summed E-state index contributed by atoms with van der Waals surface area (Å²) in [6.07, 6.45) is -39.3. The molecule has 0 aromatic rings. The van der Waals surface area contributed by atoms with Crippen molar-refractivity contribution in [2.75, 3.05) is 26.4 Å². The van der Waals surface area contributed by atoms with Gasteiger partial charge in [-0.05, 0) is 92.3 Å². The highest BCUT2D eigenvalue weighted by Crippen LogP contribution is 2.76. The summed E-state index contributed by atoms with van der Waals surface area (Å²) in [5.74, 6) is -2.63. The monoisotopic (exact) mass is 1240 g/mol. The molecule has 0 aromatic carbocycles. The van der Waals surface area contributed by atoms with E-state index in [0.29, 0.717) is 19.3 Å². The molecule has 5 aliphatic heterocycles. The molecule has 4 saturated carbocycles. The number of aliphatic hydroxyl groups excluding tert-OH is 17. The van der Waals surface area contributed by atoms with Gasteiger partial charge >= 0.3 is 5.97 Å². The summed E-state index contributed by atoms with van der Waals surface area (Å²) in [5.41, 5.74) is -5.23. The van der Waals surface area contributed by atoms with E-state index >= 15 is 4.79 Å². The van der Waals surface area contributed by atoms with Crippen LogP contribution in [-0.2, 0) is 52.2 Å². The normalized spacial score (nSPS) is 56.5. The summed E-state index contributed by atoms with van der Waals surface area (Å²) in [6.45, 7) is 12.3. The third-order valence-electron chi connectivity index (χ3n) is 22.7. The minimum atomic E-state index is -2.00. The third kappa shape index (κ3) is 10.8. The zero-order valence-electron chi connectivity index (χ0n) is 49.8. The van der Waals surface area contributed by atoms with Crippen LogP contribution >= 0.6 is 0 Å². The first-order valence-corrected chi connectivity index (χ1v) is 30.3. The molecule has 5 aliphatic carbocycles. The van der Waals surface area contributed by atoms with Gasteiger partial charge in [-0.1, -0.05) is 53.2 Å². The Labute approximate surface area is 498 Å². The van der Waals surface area contributed by atoms with E-state index in [1.807, 2.05) is 13.8 Å². The fraction of sp³-hybridized carbons (Fsp3) is 0.948. The van der Waals surface area contributed by atoms with Crippen LogP contribution in [0.4, 0.5) is 0 Å². The van der Waals surface area contributed by atoms with Crippen LogP contribution in [0.25, 0.3) is 0 Å². The predicted octanol–water partition coefficient (Wildman–Crippen LogP) is -4.99. The second-order valence-electron chi connectivity index (χ2n) is 28.4. The Morgan fingerprint density at radius 1 is 0.547 bits per heavy atom. The van der Waals surface area contributed by atoms with Crippen LogP contribution in [0.1, 0.15) is 100 Å². The molecule has 0 radical (unpaired) electrons. The quantitative estimate of drug-likeness (QED) is 0.0494. The van der Waals surface area contributed by atoms with Gasteiger partial charge in [-0.2, -0.15) is 0 Å². The number of allylic oxidation sites excluding steroid dienone is 2.